The van der Waals surface area contributed by atoms with Gasteiger partial charge in [0.25, 0.3) is 0 Å². The van der Waals surface area contributed by atoms with E-state index in [9.17, 15) is 4.79 Å². The topological polar surface area (TPSA) is 44.1 Å². The van der Waals surface area contributed by atoms with Crippen LogP contribution in [-0.4, -0.2) is 22.4 Å². The number of rotatable bonds is 4. The van der Waals surface area contributed by atoms with Gasteiger partial charge in [-0.25, -0.2) is 4.98 Å². The quantitative estimate of drug-likeness (QED) is 0.732. The number of Topliss-reactive ketones (excluding diaryl/α,β-unsaturated/α-hetero) is 1. The maximum absolute atomic E-state index is 11.8. The van der Waals surface area contributed by atoms with Crippen molar-refractivity contribution in [2.75, 3.05) is 7.11 Å². The van der Waals surface area contributed by atoms with Crippen molar-refractivity contribution in [2.45, 2.75) is 6.54 Å². The van der Waals surface area contributed by atoms with Crippen molar-refractivity contribution in [3.8, 4) is 5.75 Å². The van der Waals surface area contributed by atoms with Crippen molar-refractivity contribution >= 4 is 5.78 Å². The van der Waals surface area contributed by atoms with Crippen molar-refractivity contribution in [1.82, 2.24) is 9.55 Å². The molecule has 0 N–H and O–H groups in total. The molecule has 2 rings (SSSR count). The van der Waals surface area contributed by atoms with E-state index in [2.05, 4.69) is 4.98 Å². The van der Waals surface area contributed by atoms with E-state index in [0.29, 0.717) is 12.1 Å². The molecule has 0 saturated carbocycles. The van der Waals surface area contributed by atoms with Gasteiger partial charge in [0.1, 0.15) is 5.75 Å². The summed E-state index contributed by atoms with van der Waals surface area (Å²) in [5.41, 5.74) is 0.675. The Morgan fingerprint density at radius 1 is 1.38 bits per heavy atom. The molecule has 0 aliphatic rings. The molecular formula is C12H12N2O2. The van der Waals surface area contributed by atoms with E-state index in [1.54, 1.807) is 54.7 Å². The molecule has 1 heterocycles. The number of ether oxygens (including phenoxy) is 1. The molecule has 1 aromatic carbocycles. The zero-order valence-corrected chi connectivity index (χ0v) is 8.96. The summed E-state index contributed by atoms with van der Waals surface area (Å²) in [6.45, 7) is 0.312. The van der Waals surface area contributed by atoms with E-state index >= 15 is 0 Å². The highest BCUT2D eigenvalue weighted by Crippen LogP contribution is 2.12. The lowest BCUT2D eigenvalue weighted by atomic mass is 10.1. The summed E-state index contributed by atoms with van der Waals surface area (Å²) in [7, 11) is 1.60. The van der Waals surface area contributed by atoms with Gasteiger partial charge in [0.2, 0.25) is 0 Å². The van der Waals surface area contributed by atoms with Crippen LogP contribution in [0.1, 0.15) is 10.4 Å². The summed E-state index contributed by atoms with van der Waals surface area (Å²) < 4.78 is 6.77. The molecule has 0 aliphatic heterocycles. The largest absolute Gasteiger partial charge is 0.497 e. The van der Waals surface area contributed by atoms with Crippen molar-refractivity contribution < 1.29 is 9.53 Å². The van der Waals surface area contributed by atoms with Crippen LogP contribution < -0.4 is 4.74 Å². The Hall–Kier alpha value is -2.10. The first-order valence-corrected chi connectivity index (χ1v) is 4.92. The third-order valence-corrected chi connectivity index (χ3v) is 2.30. The van der Waals surface area contributed by atoms with Gasteiger partial charge in [0.05, 0.1) is 20.0 Å². The first-order chi connectivity index (χ1) is 7.79. The monoisotopic (exact) mass is 216 g/mol. The molecule has 0 radical (unpaired) electrons. The second-order valence-electron chi connectivity index (χ2n) is 3.39. The number of carbonyl (C=O) groups excluding carboxylic acids is 1. The number of carbonyl (C=O) groups is 1. The lowest BCUT2D eigenvalue weighted by Crippen LogP contribution is -2.08. The summed E-state index contributed by atoms with van der Waals surface area (Å²) in [5.74, 6) is 0.805. The van der Waals surface area contributed by atoms with Crippen LogP contribution in [0.2, 0.25) is 0 Å². The van der Waals surface area contributed by atoms with Gasteiger partial charge in [-0.3, -0.25) is 4.79 Å². The lowest BCUT2D eigenvalue weighted by molar-refractivity contribution is 0.0972. The number of ketones is 1. The standard InChI is InChI=1S/C12H12N2O2/c1-16-11-4-2-10(3-5-11)12(15)8-14-7-6-13-9-14/h2-7,9H,8H2,1H3. The van der Waals surface area contributed by atoms with Gasteiger partial charge >= 0.3 is 0 Å². The fourth-order valence-electron chi connectivity index (χ4n) is 1.41. The number of hydrogen-bond donors (Lipinski definition) is 0. The summed E-state index contributed by atoms with van der Waals surface area (Å²) in [6, 6.07) is 7.08. The van der Waals surface area contributed by atoms with Crippen LogP contribution in [0.5, 0.6) is 5.75 Å². The molecule has 0 atom stereocenters. The smallest absolute Gasteiger partial charge is 0.182 e. The minimum atomic E-state index is 0.0562. The number of aromatic nitrogens is 2. The predicted octanol–water partition coefficient (Wildman–Crippen LogP) is 1.77. The molecule has 0 amide bonds. The van der Waals surface area contributed by atoms with Crippen LogP contribution in [-0.2, 0) is 6.54 Å². The van der Waals surface area contributed by atoms with Gasteiger partial charge in [-0.2, -0.15) is 0 Å². The van der Waals surface area contributed by atoms with Gasteiger partial charge < -0.3 is 9.30 Å². The van der Waals surface area contributed by atoms with Gasteiger partial charge in [-0.15, -0.1) is 0 Å². The van der Waals surface area contributed by atoms with E-state index in [-0.39, 0.29) is 5.78 Å². The number of imidazole rings is 1. The van der Waals surface area contributed by atoms with Crippen molar-refractivity contribution in [2.24, 2.45) is 0 Å². The van der Waals surface area contributed by atoms with Gasteiger partial charge in [0, 0.05) is 18.0 Å². The number of methoxy groups -OCH3 is 1. The molecule has 16 heavy (non-hydrogen) atoms. The molecule has 1 aromatic heterocycles. The normalized spacial score (nSPS) is 10.1. The molecule has 0 unspecified atom stereocenters. The summed E-state index contributed by atoms with van der Waals surface area (Å²) in [6.07, 6.45) is 5.05. The maximum Gasteiger partial charge on any atom is 0.182 e. The Morgan fingerprint density at radius 3 is 2.69 bits per heavy atom. The van der Waals surface area contributed by atoms with Crippen molar-refractivity contribution in [3.05, 3.63) is 48.5 Å². The van der Waals surface area contributed by atoms with Crippen LogP contribution >= 0.6 is 0 Å². The molecule has 0 bridgehead atoms. The van der Waals surface area contributed by atoms with E-state index in [4.69, 9.17) is 4.74 Å². The average Bonchev–Trinajstić information content (AvgIpc) is 2.82. The second-order valence-corrected chi connectivity index (χ2v) is 3.39. The molecule has 2 aromatic rings. The van der Waals surface area contributed by atoms with Gasteiger partial charge in [-0.1, -0.05) is 0 Å². The fraction of sp³-hybridized carbons (Fsp3) is 0.167. The van der Waals surface area contributed by atoms with Gasteiger partial charge in [-0.05, 0) is 24.3 Å². The van der Waals surface area contributed by atoms with E-state index < -0.39 is 0 Å². The molecule has 4 nitrogen and oxygen atoms in total. The third-order valence-electron chi connectivity index (χ3n) is 2.30. The minimum absolute atomic E-state index is 0.0562. The van der Waals surface area contributed by atoms with Crippen LogP contribution in [0, 0.1) is 0 Å². The Balaban J connectivity index is 2.09. The fourth-order valence-corrected chi connectivity index (χ4v) is 1.41. The average molecular weight is 216 g/mol. The SMILES string of the molecule is COc1ccc(C(=O)Cn2ccnc2)cc1. The lowest BCUT2D eigenvalue weighted by Gasteiger charge is -2.03. The third kappa shape index (κ3) is 2.28. The highest BCUT2D eigenvalue weighted by molar-refractivity contribution is 5.95. The summed E-state index contributed by atoms with van der Waals surface area (Å²) in [4.78, 5) is 15.7. The summed E-state index contributed by atoms with van der Waals surface area (Å²) in [5, 5.41) is 0. The van der Waals surface area contributed by atoms with Crippen molar-refractivity contribution in [3.63, 3.8) is 0 Å². The molecule has 0 aliphatic carbocycles. The van der Waals surface area contributed by atoms with Crippen molar-refractivity contribution in [1.29, 1.82) is 0 Å². The molecule has 82 valence electrons. The second kappa shape index (κ2) is 4.61. The van der Waals surface area contributed by atoms with Crippen LogP contribution in [0.25, 0.3) is 0 Å². The highest BCUT2D eigenvalue weighted by Gasteiger charge is 2.06. The number of benzene rings is 1. The van der Waals surface area contributed by atoms with E-state index in [1.165, 1.54) is 0 Å². The van der Waals surface area contributed by atoms with E-state index in [1.807, 2.05) is 0 Å². The number of nitrogens with zero attached hydrogens (tertiary/aromatic N) is 2. The molecule has 0 spiro atoms. The maximum atomic E-state index is 11.8. The Bertz CT molecular complexity index is 460. The summed E-state index contributed by atoms with van der Waals surface area (Å²) >= 11 is 0. The molecule has 0 fully saturated rings. The van der Waals surface area contributed by atoms with Crippen LogP contribution in [0.4, 0.5) is 0 Å². The van der Waals surface area contributed by atoms with Crippen LogP contribution in [0.3, 0.4) is 0 Å². The molecule has 4 heteroatoms. The first-order valence-electron chi connectivity index (χ1n) is 4.92. The zero-order valence-electron chi connectivity index (χ0n) is 8.96. The predicted molar refractivity (Wildman–Crippen MR) is 59.6 cm³/mol. The highest BCUT2D eigenvalue weighted by atomic mass is 16.5. The minimum Gasteiger partial charge on any atom is -0.497 e. The van der Waals surface area contributed by atoms with Crippen LogP contribution in [0.15, 0.2) is 43.0 Å². The Kier molecular flexibility index (Phi) is 3.00. The molecular weight excluding hydrogens is 204 g/mol. The van der Waals surface area contributed by atoms with E-state index in [0.717, 1.165) is 5.75 Å². The zero-order chi connectivity index (χ0) is 11.4. The Morgan fingerprint density at radius 2 is 2.12 bits per heavy atom. The molecule has 0 saturated heterocycles. The first kappa shape index (κ1) is 10.4. The van der Waals surface area contributed by atoms with Gasteiger partial charge in [0.15, 0.2) is 5.78 Å². The number of hydrogen-bond acceptors (Lipinski definition) is 3. The Labute approximate surface area is 93.5 Å².